The summed E-state index contributed by atoms with van der Waals surface area (Å²) in [6.07, 6.45) is 3.72. The lowest BCUT2D eigenvalue weighted by atomic mass is 10.4. The molecule has 0 heterocycles. The monoisotopic (exact) mass is 162 g/mol. The predicted molar refractivity (Wildman–Crippen MR) is 39.5 cm³/mol. The van der Waals surface area contributed by atoms with E-state index in [0.717, 1.165) is 6.26 Å². The molecule has 0 bridgehead atoms. The summed E-state index contributed by atoms with van der Waals surface area (Å²) < 4.78 is 20.9. The molecule has 0 aliphatic rings. The van der Waals surface area contributed by atoms with Crippen molar-refractivity contribution in [2.24, 2.45) is 0 Å². The molecule has 0 radical (unpaired) electrons. The van der Waals surface area contributed by atoms with Gasteiger partial charge in [-0.05, 0) is 13.0 Å². The van der Waals surface area contributed by atoms with Crippen LogP contribution in [0.2, 0.25) is 0 Å². The zero-order valence-corrected chi connectivity index (χ0v) is 6.81. The van der Waals surface area contributed by atoms with Crippen LogP contribution in [0.15, 0.2) is 12.2 Å². The Morgan fingerprint density at radius 3 is 2.30 bits per heavy atom. The smallest absolute Gasteiger partial charge is 0.152 e. The highest BCUT2D eigenvalue weighted by molar-refractivity contribution is 7.90. The van der Waals surface area contributed by atoms with E-state index < -0.39 is 9.84 Å². The van der Waals surface area contributed by atoms with Gasteiger partial charge in [-0.1, -0.05) is 6.08 Å². The van der Waals surface area contributed by atoms with E-state index >= 15 is 0 Å². The van der Waals surface area contributed by atoms with E-state index in [2.05, 4.69) is 0 Å². The molecule has 0 unspecified atom stereocenters. The van der Waals surface area contributed by atoms with Gasteiger partial charge in [0.1, 0.15) is 0 Å². The average Bonchev–Trinajstić information content (AvgIpc) is 1.59. The third-order valence-electron chi connectivity index (χ3n) is 0.752. The minimum Gasteiger partial charge on any atom is -0.295 e. The number of hydrogen-bond acceptors (Lipinski definition) is 3. The van der Waals surface area contributed by atoms with E-state index in [1.54, 1.807) is 0 Å². The first kappa shape index (κ1) is 9.36. The Kier molecular flexibility index (Phi) is 3.28. The molecule has 0 N–H and O–H groups in total. The summed E-state index contributed by atoms with van der Waals surface area (Å²) in [5, 5.41) is 0. The maximum absolute atomic E-state index is 10.5. The minimum atomic E-state index is -2.96. The molecule has 0 amide bonds. The minimum absolute atomic E-state index is 0.0629. The van der Waals surface area contributed by atoms with E-state index in [4.69, 9.17) is 0 Å². The maximum Gasteiger partial charge on any atom is 0.152 e. The highest BCUT2D eigenvalue weighted by atomic mass is 32.2. The summed E-state index contributed by atoms with van der Waals surface area (Å²) in [5.74, 6) is -0.198. The first-order chi connectivity index (χ1) is 4.42. The molecule has 0 spiro atoms. The third kappa shape index (κ3) is 7.36. The number of carbonyl (C=O) groups is 1. The van der Waals surface area contributed by atoms with Gasteiger partial charge in [0.25, 0.3) is 0 Å². The summed E-state index contributed by atoms with van der Waals surface area (Å²) in [4.78, 5) is 10.2. The van der Waals surface area contributed by atoms with E-state index in [1.807, 2.05) is 0 Å². The van der Waals surface area contributed by atoms with Crippen molar-refractivity contribution in [1.29, 1.82) is 0 Å². The molecular weight excluding hydrogens is 152 g/mol. The molecule has 0 aromatic carbocycles. The zero-order chi connectivity index (χ0) is 8.20. The van der Waals surface area contributed by atoms with Gasteiger partial charge in [0.15, 0.2) is 15.6 Å². The molecule has 0 saturated heterocycles. The number of hydrogen-bond donors (Lipinski definition) is 0. The summed E-state index contributed by atoms with van der Waals surface area (Å²) in [5.41, 5.74) is 0. The molecule has 58 valence electrons. The second-order valence-electron chi connectivity index (χ2n) is 2.11. The third-order valence-corrected chi connectivity index (χ3v) is 1.55. The summed E-state index contributed by atoms with van der Waals surface area (Å²) in [7, 11) is -2.96. The van der Waals surface area contributed by atoms with E-state index in [0.29, 0.717) is 0 Å². The van der Waals surface area contributed by atoms with Crippen LogP contribution >= 0.6 is 0 Å². The SMILES string of the molecule is CC(=O)/C=C/CS(C)(=O)=O. The van der Waals surface area contributed by atoms with Gasteiger partial charge in [-0.15, -0.1) is 0 Å². The lowest BCUT2D eigenvalue weighted by molar-refractivity contribution is -0.112. The quantitative estimate of drug-likeness (QED) is 0.556. The van der Waals surface area contributed by atoms with Crippen molar-refractivity contribution in [2.75, 3.05) is 12.0 Å². The highest BCUT2D eigenvalue weighted by Gasteiger charge is 1.95. The van der Waals surface area contributed by atoms with Gasteiger partial charge in [-0.25, -0.2) is 8.42 Å². The van der Waals surface area contributed by atoms with Crippen molar-refractivity contribution < 1.29 is 13.2 Å². The Morgan fingerprint density at radius 2 is 2.00 bits per heavy atom. The summed E-state index contributed by atoms with van der Waals surface area (Å²) >= 11 is 0. The zero-order valence-electron chi connectivity index (χ0n) is 5.99. The lowest BCUT2D eigenvalue weighted by Crippen LogP contribution is -1.99. The largest absolute Gasteiger partial charge is 0.295 e. The Bertz CT molecular complexity index is 236. The molecule has 0 saturated carbocycles. The van der Waals surface area contributed by atoms with Crippen LogP contribution < -0.4 is 0 Å². The maximum atomic E-state index is 10.5. The van der Waals surface area contributed by atoms with Crippen LogP contribution in [0.3, 0.4) is 0 Å². The number of carbonyl (C=O) groups excluding carboxylic acids is 1. The fraction of sp³-hybridized carbons (Fsp3) is 0.500. The molecule has 10 heavy (non-hydrogen) atoms. The molecule has 0 aromatic heterocycles. The van der Waals surface area contributed by atoms with Gasteiger partial charge in [-0.3, -0.25) is 4.79 Å². The van der Waals surface area contributed by atoms with Crippen LogP contribution in [0.25, 0.3) is 0 Å². The van der Waals surface area contributed by atoms with Crippen molar-refractivity contribution in [2.45, 2.75) is 6.92 Å². The van der Waals surface area contributed by atoms with Crippen molar-refractivity contribution in [3.8, 4) is 0 Å². The van der Waals surface area contributed by atoms with Gasteiger partial charge in [0.2, 0.25) is 0 Å². The summed E-state index contributed by atoms with van der Waals surface area (Å²) in [6.45, 7) is 1.37. The van der Waals surface area contributed by atoms with Crippen molar-refractivity contribution in [3.05, 3.63) is 12.2 Å². The number of allylic oxidation sites excluding steroid dienone is 1. The second-order valence-corrected chi connectivity index (χ2v) is 4.29. The second kappa shape index (κ2) is 3.51. The average molecular weight is 162 g/mol. The lowest BCUT2D eigenvalue weighted by Gasteiger charge is -1.86. The first-order valence-corrected chi connectivity index (χ1v) is 4.83. The van der Waals surface area contributed by atoms with E-state index in [-0.39, 0.29) is 11.5 Å². The molecular formula is C6H10O3S. The normalized spacial score (nSPS) is 12.2. The topological polar surface area (TPSA) is 51.2 Å². The van der Waals surface area contributed by atoms with Crippen molar-refractivity contribution in [1.82, 2.24) is 0 Å². The van der Waals surface area contributed by atoms with Crippen LogP contribution in [-0.2, 0) is 14.6 Å². The van der Waals surface area contributed by atoms with Gasteiger partial charge in [0.05, 0.1) is 5.75 Å². The fourth-order valence-electron chi connectivity index (χ4n) is 0.389. The molecule has 4 heteroatoms. The van der Waals surface area contributed by atoms with Crippen LogP contribution in [0, 0.1) is 0 Å². The van der Waals surface area contributed by atoms with Crippen LogP contribution in [-0.4, -0.2) is 26.2 Å². The molecule has 0 aliphatic heterocycles. The summed E-state index contributed by atoms with van der Waals surface area (Å²) in [6, 6.07) is 0. The standard InChI is InChI=1S/C6H10O3S/c1-6(7)4-3-5-10(2,8)9/h3-4H,5H2,1-2H3/b4-3+. The number of rotatable bonds is 3. The van der Waals surface area contributed by atoms with Crippen LogP contribution in [0.1, 0.15) is 6.92 Å². The Balaban J connectivity index is 3.88. The predicted octanol–water partition coefficient (Wildman–Crippen LogP) is 0.176. The Hall–Kier alpha value is -0.640. The molecule has 0 fully saturated rings. The van der Waals surface area contributed by atoms with Crippen molar-refractivity contribution >= 4 is 15.6 Å². The van der Waals surface area contributed by atoms with E-state index in [9.17, 15) is 13.2 Å². The Labute approximate surface area is 60.7 Å². The molecule has 0 aliphatic carbocycles. The first-order valence-electron chi connectivity index (χ1n) is 2.76. The van der Waals surface area contributed by atoms with Crippen LogP contribution in [0.4, 0.5) is 0 Å². The fourth-order valence-corrected chi connectivity index (χ4v) is 0.835. The van der Waals surface area contributed by atoms with Gasteiger partial charge in [0, 0.05) is 6.26 Å². The number of sulfone groups is 1. The Morgan fingerprint density at radius 1 is 1.50 bits per heavy atom. The highest BCUT2D eigenvalue weighted by Crippen LogP contribution is 1.84. The molecule has 0 atom stereocenters. The van der Waals surface area contributed by atoms with Gasteiger partial charge in [-0.2, -0.15) is 0 Å². The molecule has 0 aromatic rings. The van der Waals surface area contributed by atoms with Gasteiger partial charge < -0.3 is 0 Å². The van der Waals surface area contributed by atoms with E-state index in [1.165, 1.54) is 19.1 Å². The van der Waals surface area contributed by atoms with Gasteiger partial charge >= 0.3 is 0 Å². The number of ketones is 1. The molecule has 0 rings (SSSR count). The van der Waals surface area contributed by atoms with Crippen LogP contribution in [0.5, 0.6) is 0 Å². The van der Waals surface area contributed by atoms with Crippen molar-refractivity contribution in [3.63, 3.8) is 0 Å². The molecule has 3 nitrogen and oxygen atoms in total.